The summed E-state index contributed by atoms with van der Waals surface area (Å²) < 4.78 is 13.0. The molecule has 0 spiro atoms. The Balaban J connectivity index is 1.72. The largest absolute Gasteiger partial charge is 0.494 e. The van der Waals surface area contributed by atoms with E-state index in [-0.39, 0.29) is 18.0 Å². The number of rotatable bonds is 8. The zero-order valence-corrected chi connectivity index (χ0v) is 14.9. The molecule has 0 fully saturated rings. The first kappa shape index (κ1) is 18.1. The summed E-state index contributed by atoms with van der Waals surface area (Å²) in [5.41, 5.74) is -0.223. The van der Waals surface area contributed by atoms with Crippen LogP contribution in [0, 0.1) is 0 Å². The Morgan fingerprint density at radius 3 is 2.46 bits per heavy atom. The van der Waals surface area contributed by atoms with E-state index in [0.717, 1.165) is 10.2 Å². The monoisotopic (exact) mass is 394 g/mol. The number of nitrogens with zero attached hydrogens (tertiary/aromatic N) is 1. The Hall–Kier alpha value is -2.28. The SMILES string of the molecule is CCOc1ccc(OCCNC(=O)Cn2cc(Br)ccc2=O)cc1. The maximum absolute atomic E-state index is 11.8. The Morgan fingerprint density at radius 2 is 1.79 bits per heavy atom. The molecule has 7 heteroatoms. The molecule has 1 aromatic heterocycles. The summed E-state index contributed by atoms with van der Waals surface area (Å²) in [6.45, 7) is 3.21. The van der Waals surface area contributed by atoms with Crippen LogP contribution in [0.1, 0.15) is 6.92 Å². The fourth-order valence-corrected chi connectivity index (χ4v) is 2.37. The number of pyridine rings is 1. The molecule has 1 aromatic carbocycles. The molecule has 0 aliphatic carbocycles. The molecular weight excluding hydrogens is 376 g/mol. The van der Waals surface area contributed by atoms with E-state index in [9.17, 15) is 9.59 Å². The van der Waals surface area contributed by atoms with Crippen molar-refractivity contribution < 1.29 is 14.3 Å². The molecule has 24 heavy (non-hydrogen) atoms. The fraction of sp³-hybridized carbons (Fsp3) is 0.294. The minimum Gasteiger partial charge on any atom is -0.494 e. The fourth-order valence-electron chi connectivity index (χ4n) is 1.99. The molecule has 0 bridgehead atoms. The molecule has 0 saturated heterocycles. The molecule has 0 aliphatic rings. The molecule has 1 amide bonds. The van der Waals surface area contributed by atoms with Crippen LogP contribution in [-0.2, 0) is 11.3 Å². The molecular formula is C17H19BrN2O4. The number of halogens is 1. The van der Waals surface area contributed by atoms with Gasteiger partial charge in [0, 0.05) is 16.7 Å². The highest BCUT2D eigenvalue weighted by Gasteiger charge is 2.04. The van der Waals surface area contributed by atoms with Crippen molar-refractivity contribution in [2.24, 2.45) is 0 Å². The number of ether oxygens (including phenoxy) is 2. The van der Waals surface area contributed by atoms with Crippen molar-refractivity contribution in [3.05, 3.63) is 57.4 Å². The predicted octanol–water partition coefficient (Wildman–Crippen LogP) is 2.20. The van der Waals surface area contributed by atoms with Gasteiger partial charge < -0.3 is 19.4 Å². The van der Waals surface area contributed by atoms with Gasteiger partial charge in [0.15, 0.2) is 0 Å². The van der Waals surface area contributed by atoms with Gasteiger partial charge in [-0.15, -0.1) is 0 Å². The maximum Gasteiger partial charge on any atom is 0.251 e. The van der Waals surface area contributed by atoms with Crippen LogP contribution in [-0.4, -0.2) is 30.2 Å². The number of hydrogen-bond donors (Lipinski definition) is 1. The molecule has 0 unspecified atom stereocenters. The van der Waals surface area contributed by atoms with Crippen molar-refractivity contribution in [3.63, 3.8) is 0 Å². The van der Waals surface area contributed by atoms with Gasteiger partial charge in [-0.2, -0.15) is 0 Å². The Labute approximate surface area is 148 Å². The van der Waals surface area contributed by atoms with Crippen molar-refractivity contribution in [1.29, 1.82) is 0 Å². The summed E-state index contributed by atoms with van der Waals surface area (Å²) >= 11 is 3.27. The summed E-state index contributed by atoms with van der Waals surface area (Å²) in [6.07, 6.45) is 1.58. The molecule has 0 atom stereocenters. The average Bonchev–Trinajstić information content (AvgIpc) is 2.57. The molecule has 0 radical (unpaired) electrons. The molecule has 0 aliphatic heterocycles. The molecule has 6 nitrogen and oxygen atoms in total. The van der Waals surface area contributed by atoms with Gasteiger partial charge in [-0.1, -0.05) is 0 Å². The van der Waals surface area contributed by atoms with E-state index in [1.165, 1.54) is 10.6 Å². The van der Waals surface area contributed by atoms with E-state index >= 15 is 0 Å². The smallest absolute Gasteiger partial charge is 0.251 e. The molecule has 0 saturated carbocycles. The zero-order chi connectivity index (χ0) is 17.4. The van der Waals surface area contributed by atoms with Gasteiger partial charge >= 0.3 is 0 Å². The second-order valence-electron chi connectivity index (χ2n) is 4.92. The highest BCUT2D eigenvalue weighted by molar-refractivity contribution is 9.10. The Kier molecular flexibility index (Phi) is 6.87. The molecule has 1 N–H and O–H groups in total. The molecule has 2 aromatic rings. The number of carbonyl (C=O) groups excluding carboxylic acids is 1. The third-order valence-corrected chi connectivity index (χ3v) is 3.56. The van der Waals surface area contributed by atoms with E-state index in [0.29, 0.717) is 25.5 Å². The Morgan fingerprint density at radius 1 is 1.12 bits per heavy atom. The van der Waals surface area contributed by atoms with E-state index in [4.69, 9.17) is 9.47 Å². The molecule has 1 heterocycles. The van der Waals surface area contributed by atoms with E-state index in [2.05, 4.69) is 21.2 Å². The van der Waals surface area contributed by atoms with Crippen LogP contribution in [0.4, 0.5) is 0 Å². The summed E-state index contributed by atoms with van der Waals surface area (Å²) in [5, 5.41) is 2.72. The predicted molar refractivity (Wildman–Crippen MR) is 94.5 cm³/mol. The minimum absolute atomic E-state index is 0.0265. The first-order valence-electron chi connectivity index (χ1n) is 7.57. The third kappa shape index (κ3) is 5.73. The third-order valence-electron chi connectivity index (χ3n) is 3.09. The van der Waals surface area contributed by atoms with E-state index in [1.807, 2.05) is 31.2 Å². The van der Waals surface area contributed by atoms with Crippen molar-refractivity contribution >= 4 is 21.8 Å². The first-order chi connectivity index (χ1) is 11.6. The number of nitrogens with one attached hydrogen (secondary N) is 1. The normalized spacial score (nSPS) is 10.2. The van der Waals surface area contributed by atoms with Gasteiger partial charge in [-0.25, -0.2) is 0 Å². The van der Waals surface area contributed by atoms with E-state index in [1.54, 1.807) is 12.3 Å². The lowest BCUT2D eigenvalue weighted by atomic mass is 10.3. The van der Waals surface area contributed by atoms with Crippen molar-refractivity contribution in [1.82, 2.24) is 9.88 Å². The van der Waals surface area contributed by atoms with Gasteiger partial charge in [-0.3, -0.25) is 9.59 Å². The lowest BCUT2D eigenvalue weighted by Crippen LogP contribution is -2.34. The topological polar surface area (TPSA) is 69.6 Å². The van der Waals surface area contributed by atoms with E-state index < -0.39 is 0 Å². The highest BCUT2D eigenvalue weighted by atomic mass is 79.9. The van der Waals surface area contributed by atoms with Crippen LogP contribution >= 0.6 is 15.9 Å². The van der Waals surface area contributed by atoms with Gasteiger partial charge in [0.05, 0.1) is 13.2 Å². The minimum atomic E-state index is -0.245. The second-order valence-corrected chi connectivity index (χ2v) is 5.83. The number of benzene rings is 1. The highest BCUT2D eigenvalue weighted by Crippen LogP contribution is 2.17. The van der Waals surface area contributed by atoms with Crippen LogP contribution in [0.3, 0.4) is 0 Å². The van der Waals surface area contributed by atoms with Crippen LogP contribution in [0.15, 0.2) is 51.9 Å². The quantitative estimate of drug-likeness (QED) is 0.696. The maximum atomic E-state index is 11.8. The first-order valence-corrected chi connectivity index (χ1v) is 8.36. The van der Waals surface area contributed by atoms with Crippen LogP contribution < -0.4 is 20.3 Å². The lowest BCUT2D eigenvalue weighted by Gasteiger charge is -2.10. The molecule has 128 valence electrons. The van der Waals surface area contributed by atoms with Gasteiger partial charge in [0.1, 0.15) is 24.7 Å². The van der Waals surface area contributed by atoms with Crippen molar-refractivity contribution in [3.8, 4) is 11.5 Å². The lowest BCUT2D eigenvalue weighted by molar-refractivity contribution is -0.121. The number of hydrogen-bond acceptors (Lipinski definition) is 4. The zero-order valence-electron chi connectivity index (χ0n) is 13.3. The molecule has 2 rings (SSSR count). The summed E-state index contributed by atoms with van der Waals surface area (Å²) in [7, 11) is 0. The van der Waals surface area contributed by atoms with Crippen LogP contribution in [0.25, 0.3) is 0 Å². The summed E-state index contributed by atoms with van der Waals surface area (Å²) in [4.78, 5) is 23.5. The summed E-state index contributed by atoms with van der Waals surface area (Å²) in [5.74, 6) is 1.25. The van der Waals surface area contributed by atoms with Gasteiger partial charge in [-0.05, 0) is 53.2 Å². The number of carbonyl (C=O) groups is 1. The average molecular weight is 395 g/mol. The van der Waals surface area contributed by atoms with Gasteiger partial charge in [0.2, 0.25) is 5.91 Å². The van der Waals surface area contributed by atoms with Crippen molar-refractivity contribution in [2.75, 3.05) is 19.8 Å². The number of aromatic nitrogens is 1. The number of amides is 1. The van der Waals surface area contributed by atoms with Crippen molar-refractivity contribution in [2.45, 2.75) is 13.5 Å². The Bertz CT molecular complexity index is 728. The second kappa shape index (κ2) is 9.12. The standard InChI is InChI=1S/C17H19BrN2O4/c1-2-23-14-4-6-15(7-5-14)24-10-9-19-16(21)12-20-11-13(18)3-8-17(20)22/h3-8,11H,2,9-10,12H2,1H3,(H,19,21). The summed E-state index contributed by atoms with van der Waals surface area (Å²) in [6, 6.07) is 10.3. The van der Waals surface area contributed by atoms with Crippen LogP contribution in [0.5, 0.6) is 11.5 Å². The van der Waals surface area contributed by atoms with Gasteiger partial charge in [0.25, 0.3) is 5.56 Å². The van der Waals surface area contributed by atoms with Crippen LogP contribution in [0.2, 0.25) is 0 Å².